The SMILES string of the molecule is CCOC(=O)CN(C(=O)c1sc(-c2ccc(C#N)cc2)nc1C)C(C)C(O)(Cn1cncn1)c1ccc(F)cc1F. The van der Waals surface area contributed by atoms with Gasteiger partial charge in [-0.25, -0.2) is 23.4 Å². The molecule has 0 saturated heterocycles. The lowest BCUT2D eigenvalue weighted by Crippen LogP contribution is -2.55. The second-order valence-corrected chi connectivity index (χ2v) is 10.2. The third kappa shape index (κ3) is 6.29. The Morgan fingerprint density at radius 2 is 1.98 bits per heavy atom. The minimum absolute atomic E-state index is 0.0491. The first-order valence-corrected chi connectivity index (χ1v) is 13.3. The molecule has 4 aromatic rings. The number of nitriles is 1. The van der Waals surface area contributed by atoms with Gasteiger partial charge in [-0.3, -0.25) is 9.59 Å². The Balaban J connectivity index is 1.79. The van der Waals surface area contributed by atoms with Crippen LogP contribution in [0.3, 0.4) is 0 Å². The molecule has 0 radical (unpaired) electrons. The highest BCUT2D eigenvalue weighted by molar-refractivity contribution is 7.17. The zero-order chi connectivity index (χ0) is 29.7. The number of thiazole rings is 1. The summed E-state index contributed by atoms with van der Waals surface area (Å²) in [6, 6.07) is 10.2. The first-order valence-electron chi connectivity index (χ1n) is 12.5. The van der Waals surface area contributed by atoms with E-state index in [1.54, 1.807) is 38.1 Å². The Morgan fingerprint density at radius 3 is 2.59 bits per heavy atom. The van der Waals surface area contributed by atoms with Crippen molar-refractivity contribution >= 4 is 23.2 Å². The summed E-state index contributed by atoms with van der Waals surface area (Å²) in [4.78, 5) is 36.4. The number of hydrogen-bond donors (Lipinski definition) is 1. The third-order valence-electron chi connectivity index (χ3n) is 6.54. The number of aryl methyl sites for hydroxylation is 1. The maximum atomic E-state index is 15.1. The molecule has 0 aliphatic carbocycles. The number of aromatic nitrogens is 4. The van der Waals surface area contributed by atoms with Crippen LogP contribution in [0.15, 0.2) is 55.1 Å². The molecule has 2 atom stereocenters. The average Bonchev–Trinajstić information content (AvgIpc) is 3.60. The highest BCUT2D eigenvalue weighted by Crippen LogP contribution is 2.35. The van der Waals surface area contributed by atoms with Gasteiger partial charge in [-0.2, -0.15) is 10.4 Å². The fourth-order valence-electron chi connectivity index (χ4n) is 4.37. The topological polar surface area (TPSA) is 134 Å². The number of aliphatic hydroxyl groups is 1. The number of benzene rings is 2. The van der Waals surface area contributed by atoms with Crippen LogP contribution in [0.2, 0.25) is 0 Å². The van der Waals surface area contributed by atoms with Gasteiger partial charge in [-0.15, -0.1) is 11.3 Å². The largest absolute Gasteiger partial charge is 0.465 e. The van der Waals surface area contributed by atoms with Gasteiger partial charge in [0.2, 0.25) is 0 Å². The van der Waals surface area contributed by atoms with Crippen molar-refractivity contribution in [2.45, 2.75) is 39.0 Å². The van der Waals surface area contributed by atoms with E-state index in [1.165, 1.54) is 24.3 Å². The summed E-state index contributed by atoms with van der Waals surface area (Å²) in [6.45, 7) is 3.80. The van der Waals surface area contributed by atoms with Gasteiger partial charge in [-0.05, 0) is 39.0 Å². The summed E-state index contributed by atoms with van der Waals surface area (Å²) < 4.78 is 35.3. The molecule has 0 fully saturated rings. The molecule has 2 aromatic heterocycles. The summed E-state index contributed by atoms with van der Waals surface area (Å²) in [5, 5.41) is 25.7. The second kappa shape index (κ2) is 12.3. The van der Waals surface area contributed by atoms with Gasteiger partial charge >= 0.3 is 5.97 Å². The summed E-state index contributed by atoms with van der Waals surface area (Å²) >= 11 is 1.07. The lowest BCUT2D eigenvalue weighted by atomic mass is 9.85. The van der Waals surface area contributed by atoms with Crippen molar-refractivity contribution in [3.63, 3.8) is 0 Å². The van der Waals surface area contributed by atoms with Gasteiger partial charge in [0.25, 0.3) is 5.91 Å². The summed E-state index contributed by atoms with van der Waals surface area (Å²) in [5.74, 6) is -3.29. The van der Waals surface area contributed by atoms with Crippen molar-refractivity contribution in [3.8, 4) is 16.6 Å². The minimum Gasteiger partial charge on any atom is -0.465 e. The standard InChI is InChI=1S/C28H26F2N6O4S/c1-4-40-24(37)13-36(27(38)25-17(2)34-26(41-25)20-7-5-19(12-31)6-8-20)18(3)28(39,14-35-16-32-15-33-35)22-10-9-21(29)11-23(22)30/h5-11,15-16,18,39H,4,13-14H2,1-3H3. The van der Waals surface area contributed by atoms with E-state index in [1.807, 2.05) is 6.07 Å². The van der Waals surface area contributed by atoms with Crippen molar-refractivity contribution in [1.29, 1.82) is 5.26 Å². The van der Waals surface area contributed by atoms with Gasteiger partial charge in [-0.1, -0.05) is 18.2 Å². The van der Waals surface area contributed by atoms with Crippen molar-refractivity contribution in [2.24, 2.45) is 0 Å². The Morgan fingerprint density at radius 1 is 1.24 bits per heavy atom. The van der Waals surface area contributed by atoms with Crippen LogP contribution >= 0.6 is 11.3 Å². The zero-order valence-electron chi connectivity index (χ0n) is 22.4. The van der Waals surface area contributed by atoms with Crippen LogP contribution in [0.1, 0.15) is 40.3 Å². The molecule has 2 aromatic carbocycles. The molecule has 4 rings (SSSR count). The van der Waals surface area contributed by atoms with Crippen molar-refractivity contribution in [3.05, 3.63) is 88.5 Å². The molecule has 1 N–H and O–H groups in total. The van der Waals surface area contributed by atoms with Crippen LogP contribution in [0.5, 0.6) is 0 Å². The normalized spacial score (nSPS) is 13.2. The molecule has 0 saturated carbocycles. The smallest absolute Gasteiger partial charge is 0.325 e. The Labute approximate surface area is 238 Å². The minimum atomic E-state index is -2.19. The molecular formula is C28H26F2N6O4S. The fourth-order valence-corrected chi connectivity index (χ4v) is 5.40. The van der Waals surface area contributed by atoms with Gasteiger partial charge in [0.15, 0.2) is 0 Å². The molecule has 1 amide bonds. The van der Waals surface area contributed by atoms with E-state index < -0.39 is 41.7 Å². The summed E-state index contributed by atoms with van der Waals surface area (Å²) in [6.07, 6.45) is 2.52. The quantitative estimate of drug-likeness (QED) is 0.280. The first-order chi connectivity index (χ1) is 19.6. The van der Waals surface area contributed by atoms with Gasteiger partial charge in [0.05, 0.1) is 36.5 Å². The molecule has 0 aliphatic rings. The van der Waals surface area contributed by atoms with Crippen LogP contribution in [-0.4, -0.2) is 60.8 Å². The van der Waals surface area contributed by atoms with E-state index in [0.717, 1.165) is 28.4 Å². The molecule has 41 heavy (non-hydrogen) atoms. The average molecular weight is 581 g/mol. The van der Waals surface area contributed by atoms with Crippen LogP contribution < -0.4 is 0 Å². The van der Waals surface area contributed by atoms with Gasteiger partial charge in [0.1, 0.15) is 46.3 Å². The molecule has 212 valence electrons. The number of amides is 1. The molecule has 2 unspecified atom stereocenters. The number of carbonyl (C=O) groups is 2. The first kappa shape index (κ1) is 29.4. The van der Waals surface area contributed by atoms with Crippen LogP contribution in [-0.2, 0) is 21.7 Å². The lowest BCUT2D eigenvalue weighted by Gasteiger charge is -2.40. The number of carbonyl (C=O) groups excluding carboxylic acids is 2. The van der Waals surface area contributed by atoms with Crippen LogP contribution in [0.4, 0.5) is 8.78 Å². The Hall–Kier alpha value is -4.54. The van der Waals surface area contributed by atoms with Crippen molar-refractivity contribution < 1.29 is 28.2 Å². The van der Waals surface area contributed by atoms with Gasteiger partial charge in [0, 0.05) is 17.2 Å². The van der Waals surface area contributed by atoms with Gasteiger partial charge < -0.3 is 14.7 Å². The number of hydrogen-bond acceptors (Lipinski definition) is 9. The monoisotopic (exact) mass is 580 g/mol. The maximum absolute atomic E-state index is 15.1. The predicted octanol–water partition coefficient (Wildman–Crippen LogP) is 3.84. The Kier molecular flexibility index (Phi) is 8.85. The molecule has 2 heterocycles. The predicted molar refractivity (Wildman–Crippen MR) is 144 cm³/mol. The number of halogens is 2. The molecule has 13 heteroatoms. The van der Waals surface area contributed by atoms with Crippen LogP contribution in [0.25, 0.3) is 10.6 Å². The van der Waals surface area contributed by atoms with Crippen molar-refractivity contribution in [2.75, 3.05) is 13.2 Å². The highest BCUT2D eigenvalue weighted by atomic mass is 32.1. The van der Waals surface area contributed by atoms with Crippen LogP contribution in [0, 0.1) is 29.9 Å². The number of rotatable bonds is 10. The van der Waals surface area contributed by atoms with E-state index >= 15 is 4.39 Å². The number of ether oxygens (including phenoxy) is 1. The number of esters is 1. The van der Waals surface area contributed by atoms with E-state index in [-0.39, 0.29) is 23.6 Å². The molecule has 0 aliphatic heterocycles. The summed E-state index contributed by atoms with van der Waals surface area (Å²) in [5.41, 5.74) is -0.983. The number of nitrogens with zero attached hydrogens (tertiary/aromatic N) is 6. The third-order valence-corrected chi connectivity index (χ3v) is 7.74. The van der Waals surface area contributed by atoms with E-state index in [2.05, 4.69) is 15.1 Å². The van der Waals surface area contributed by atoms with E-state index in [4.69, 9.17) is 10.00 Å². The highest BCUT2D eigenvalue weighted by Gasteiger charge is 2.45. The van der Waals surface area contributed by atoms with Crippen molar-refractivity contribution in [1.82, 2.24) is 24.6 Å². The van der Waals surface area contributed by atoms with E-state index in [0.29, 0.717) is 27.9 Å². The lowest BCUT2D eigenvalue weighted by molar-refractivity contribution is -0.146. The molecular weight excluding hydrogens is 554 g/mol. The maximum Gasteiger partial charge on any atom is 0.325 e. The molecule has 0 spiro atoms. The fraction of sp³-hybridized carbons (Fsp3) is 0.286. The molecule has 10 nitrogen and oxygen atoms in total. The summed E-state index contributed by atoms with van der Waals surface area (Å²) in [7, 11) is 0. The van der Waals surface area contributed by atoms with E-state index in [9.17, 15) is 19.1 Å². The Bertz CT molecular complexity index is 1590. The molecule has 0 bridgehead atoms. The second-order valence-electron chi connectivity index (χ2n) is 9.18. The zero-order valence-corrected chi connectivity index (χ0v) is 23.2.